The van der Waals surface area contributed by atoms with E-state index in [1.54, 1.807) is 12.1 Å². The number of piperazine rings is 1. The molecule has 1 aliphatic heterocycles. The zero-order chi connectivity index (χ0) is 15.2. The van der Waals surface area contributed by atoms with E-state index in [0.717, 1.165) is 38.3 Å². The van der Waals surface area contributed by atoms with Gasteiger partial charge < -0.3 is 14.4 Å². The van der Waals surface area contributed by atoms with Crippen LogP contribution in [0.2, 0.25) is 5.02 Å². The third kappa shape index (κ3) is 4.88. The lowest BCUT2D eigenvalue weighted by Gasteiger charge is -2.32. The van der Waals surface area contributed by atoms with Crippen LogP contribution in [-0.2, 0) is 16.1 Å². The minimum Gasteiger partial charge on any atom is -0.482 e. The number of hydrogen-bond acceptors (Lipinski definition) is 5. The van der Waals surface area contributed by atoms with Gasteiger partial charge >= 0.3 is 5.97 Å². The van der Waals surface area contributed by atoms with E-state index in [9.17, 15) is 4.79 Å². The smallest absolute Gasteiger partial charge is 0.343 e. The highest BCUT2D eigenvalue weighted by molar-refractivity contribution is 6.30. The fraction of sp³-hybridized carbons (Fsp3) is 0.533. The summed E-state index contributed by atoms with van der Waals surface area (Å²) < 4.78 is 10.1. The first-order chi connectivity index (χ1) is 10.1. The van der Waals surface area contributed by atoms with Crippen molar-refractivity contribution in [3.63, 3.8) is 0 Å². The lowest BCUT2D eigenvalue weighted by molar-refractivity contribution is -0.142. The van der Waals surface area contributed by atoms with Gasteiger partial charge in [-0.15, -0.1) is 0 Å². The molecule has 0 atom stereocenters. The molecule has 0 aromatic heterocycles. The highest BCUT2D eigenvalue weighted by Crippen LogP contribution is 2.24. The van der Waals surface area contributed by atoms with Crippen molar-refractivity contribution in [1.29, 1.82) is 0 Å². The van der Waals surface area contributed by atoms with Crippen LogP contribution in [0.5, 0.6) is 5.75 Å². The Morgan fingerprint density at radius 2 is 2.00 bits per heavy atom. The summed E-state index contributed by atoms with van der Waals surface area (Å²) in [6, 6.07) is 5.46. The molecular weight excluding hydrogens is 292 g/mol. The molecule has 1 saturated heterocycles. The van der Waals surface area contributed by atoms with Gasteiger partial charge in [0.2, 0.25) is 0 Å². The Morgan fingerprint density at radius 1 is 1.29 bits per heavy atom. The number of nitrogens with zero attached hydrogens (tertiary/aromatic N) is 2. The first kappa shape index (κ1) is 16.1. The van der Waals surface area contributed by atoms with Gasteiger partial charge in [-0.1, -0.05) is 11.6 Å². The van der Waals surface area contributed by atoms with Gasteiger partial charge in [-0.25, -0.2) is 4.79 Å². The fourth-order valence-electron chi connectivity index (χ4n) is 2.25. The van der Waals surface area contributed by atoms with Crippen LogP contribution in [0.3, 0.4) is 0 Å². The van der Waals surface area contributed by atoms with Gasteiger partial charge in [0.05, 0.1) is 7.11 Å². The summed E-state index contributed by atoms with van der Waals surface area (Å²) in [4.78, 5) is 15.9. The van der Waals surface area contributed by atoms with Crippen molar-refractivity contribution in [2.24, 2.45) is 0 Å². The van der Waals surface area contributed by atoms with E-state index in [-0.39, 0.29) is 6.61 Å². The standard InChI is InChI=1S/C15H21ClN2O3/c1-17-5-7-18(8-6-17)10-12-9-13(16)3-4-14(12)21-11-15(19)20-2/h3-4,9H,5-8,10-11H2,1-2H3. The maximum Gasteiger partial charge on any atom is 0.343 e. The SMILES string of the molecule is COC(=O)COc1ccc(Cl)cc1CN1CCN(C)CC1. The van der Waals surface area contributed by atoms with Gasteiger partial charge in [0.15, 0.2) is 6.61 Å². The lowest BCUT2D eigenvalue weighted by atomic mass is 10.1. The van der Waals surface area contributed by atoms with Gasteiger partial charge in [0, 0.05) is 43.3 Å². The molecule has 1 aromatic rings. The molecule has 1 aliphatic rings. The van der Waals surface area contributed by atoms with E-state index >= 15 is 0 Å². The average molecular weight is 313 g/mol. The number of carbonyl (C=O) groups excluding carboxylic acids is 1. The van der Waals surface area contributed by atoms with E-state index in [2.05, 4.69) is 21.6 Å². The first-order valence-electron chi connectivity index (χ1n) is 6.97. The van der Waals surface area contributed by atoms with Crippen LogP contribution in [-0.4, -0.2) is 62.7 Å². The molecule has 0 unspecified atom stereocenters. The molecule has 0 aliphatic carbocycles. The van der Waals surface area contributed by atoms with Crippen LogP contribution in [0, 0.1) is 0 Å². The third-order valence-corrected chi connectivity index (χ3v) is 3.82. The molecule has 0 spiro atoms. The van der Waals surface area contributed by atoms with Gasteiger partial charge in [-0.05, 0) is 25.2 Å². The van der Waals surface area contributed by atoms with Gasteiger partial charge in [-0.2, -0.15) is 0 Å². The van der Waals surface area contributed by atoms with E-state index in [0.29, 0.717) is 10.8 Å². The lowest BCUT2D eigenvalue weighted by Crippen LogP contribution is -2.43. The van der Waals surface area contributed by atoms with Crippen molar-refractivity contribution in [3.05, 3.63) is 28.8 Å². The largest absolute Gasteiger partial charge is 0.482 e. The zero-order valence-electron chi connectivity index (χ0n) is 12.5. The van der Waals surface area contributed by atoms with E-state index in [1.165, 1.54) is 7.11 Å². The Labute approximate surface area is 130 Å². The Hall–Kier alpha value is -1.30. The van der Waals surface area contributed by atoms with Crippen LogP contribution < -0.4 is 4.74 Å². The Kier molecular flexibility index (Phi) is 5.85. The Morgan fingerprint density at radius 3 is 2.67 bits per heavy atom. The summed E-state index contributed by atoms with van der Waals surface area (Å²) in [5, 5.41) is 0.671. The molecule has 0 bridgehead atoms. The maximum atomic E-state index is 11.2. The molecule has 5 nitrogen and oxygen atoms in total. The molecule has 116 valence electrons. The number of hydrogen-bond donors (Lipinski definition) is 0. The van der Waals surface area contributed by atoms with Crippen LogP contribution in [0.1, 0.15) is 5.56 Å². The van der Waals surface area contributed by atoms with Crippen molar-refractivity contribution < 1.29 is 14.3 Å². The topological polar surface area (TPSA) is 42.0 Å². The van der Waals surface area contributed by atoms with E-state index in [1.807, 2.05) is 6.07 Å². The molecule has 0 saturated carbocycles. The number of rotatable bonds is 5. The predicted molar refractivity (Wildman–Crippen MR) is 81.7 cm³/mol. The highest BCUT2D eigenvalue weighted by atomic mass is 35.5. The molecule has 21 heavy (non-hydrogen) atoms. The van der Waals surface area contributed by atoms with Crippen molar-refractivity contribution in [2.75, 3.05) is 46.9 Å². The number of likely N-dealkylation sites (N-methyl/N-ethyl adjacent to an activating group) is 1. The minimum absolute atomic E-state index is 0.0894. The monoisotopic (exact) mass is 312 g/mol. The molecule has 6 heteroatoms. The summed E-state index contributed by atoms with van der Waals surface area (Å²) in [7, 11) is 3.47. The summed E-state index contributed by atoms with van der Waals surface area (Å²) in [5.41, 5.74) is 0.996. The van der Waals surface area contributed by atoms with Gasteiger partial charge in [0.1, 0.15) is 5.75 Å². The van der Waals surface area contributed by atoms with Gasteiger partial charge in [0.25, 0.3) is 0 Å². The number of benzene rings is 1. The second-order valence-corrected chi connectivity index (χ2v) is 5.63. The Bertz CT molecular complexity index is 488. The third-order valence-electron chi connectivity index (χ3n) is 3.59. The molecular formula is C15H21ClN2O3. The average Bonchev–Trinajstić information content (AvgIpc) is 2.48. The van der Waals surface area contributed by atoms with Crippen LogP contribution in [0.4, 0.5) is 0 Å². The number of halogens is 1. The van der Waals surface area contributed by atoms with Crippen LogP contribution >= 0.6 is 11.6 Å². The quantitative estimate of drug-likeness (QED) is 0.773. The molecule has 0 radical (unpaired) electrons. The van der Waals surface area contributed by atoms with Crippen molar-refractivity contribution >= 4 is 17.6 Å². The number of methoxy groups -OCH3 is 1. The van der Waals surface area contributed by atoms with Crippen molar-refractivity contribution in [3.8, 4) is 5.75 Å². The minimum atomic E-state index is -0.393. The van der Waals surface area contributed by atoms with E-state index < -0.39 is 5.97 Å². The van der Waals surface area contributed by atoms with E-state index in [4.69, 9.17) is 16.3 Å². The molecule has 0 N–H and O–H groups in total. The summed E-state index contributed by atoms with van der Waals surface area (Å²) in [6.07, 6.45) is 0. The second kappa shape index (κ2) is 7.64. The summed E-state index contributed by atoms with van der Waals surface area (Å²) in [6.45, 7) is 4.81. The molecule has 0 amide bonds. The number of carbonyl (C=O) groups is 1. The second-order valence-electron chi connectivity index (χ2n) is 5.20. The van der Waals surface area contributed by atoms with Gasteiger partial charge in [-0.3, -0.25) is 4.90 Å². The van der Waals surface area contributed by atoms with Crippen LogP contribution in [0.15, 0.2) is 18.2 Å². The molecule has 1 aromatic carbocycles. The first-order valence-corrected chi connectivity index (χ1v) is 7.35. The Balaban J connectivity index is 2.02. The van der Waals surface area contributed by atoms with Crippen molar-refractivity contribution in [2.45, 2.75) is 6.54 Å². The molecule has 2 rings (SSSR count). The normalized spacial score (nSPS) is 16.7. The van der Waals surface area contributed by atoms with Crippen LogP contribution in [0.25, 0.3) is 0 Å². The van der Waals surface area contributed by atoms with Crippen molar-refractivity contribution in [1.82, 2.24) is 9.80 Å². The summed E-state index contributed by atoms with van der Waals surface area (Å²) in [5.74, 6) is 0.291. The number of esters is 1. The fourth-order valence-corrected chi connectivity index (χ4v) is 2.45. The highest BCUT2D eigenvalue weighted by Gasteiger charge is 2.16. The summed E-state index contributed by atoms with van der Waals surface area (Å²) >= 11 is 6.07. The predicted octanol–water partition coefficient (Wildman–Crippen LogP) is 1.64. The maximum absolute atomic E-state index is 11.2. The zero-order valence-corrected chi connectivity index (χ0v) is 13.2. The molecule has 1 fully saturated rings. The molecule has 1 heterocycles. The number of ether oxygens (including phenoxy) is 2.